The number of amides is 2. The third-order valence-electron chi connectivity index (χ3n) is 8.13. The number of methoxy groups -OCH3 is 3. The van der Waals surface area contributed by atoms with Gasteiger partial charge in [0.15, 0.2) is 6.10 Å². The number of aromatic nitrogens is 2. The molecule has 2 aromatic rings. The van der Waals surface area contributed by atoms with Gasteiger partial charge in [0.25, 0.3) is 5.91 Å². The molecule has 1 aromatic carbocycles. The van der Waals surface area contributed by atoms with Crippen LogP contribution < -0.4 is 11.1 Å². The number of rotatable bonds is 7. The fraction of sp³-hybridized carbons (Fsp3) is 0.471. The van der Waals surface area contributed by atoms with Crippen molar-refractivity contribution in [2.45, 2.75) is 71.4 Å². The highest BCUT2D eigenvalue weighted by atomic mass is 16.6. The number of phenols is 2. The third-order valence-corrected chi connectivity index (χ3v) is 8.13. The van der Waals surface area contributed by atoms with Crippen LogP contribution in [-0.4, -0.2) is 84.1 Å². The Kier molecular flexibility index (Phi) is 13.7. The fourth-order valence-electron chi connectivity index (χ4n) is 5.72. The molecular formula is C34H47N5O8. The Hall–Kier alpha value is -4.46. The number of carbonyl (C=O) groups is 2. The van der Waals surface area contributed by atoms with E-state index in [0.717, 1.165) is 5.69 Å². The number of primary amides is 1. The summed E-state index contributed by atoms with van der Waals surface area (Å²) < 4.78 is 23.0. The summed E-state index contributed by atoms with van der Waals surface area (Å²) in [5.41, 5.74) is 7.83. The number of anilines is 1. The largest absolute Gasteiger partial charge is 0.506 e. The summed E-state index contributed by atoms with van der Waals surface area (Å²) in [6, 6.07) is 1.28. The highest BCUT2D eigenvalue weighted by molar-refractivity contribution is 6.04. The fourth-order valence-corrected chi connectivity index (χ4v) is 5.72. The van der Waals surface area contributed by atoms with Gasteiger partial charge in [0.2, 0.25) is 0 Å². The molecule has 47 heavy (non-hydrogen) atoms. The van der Waals surface area contributed by atoms with Gasteiger partial charge in [-0.1, -0.05) is 38.2 Å². The number of benzene rings is 1. The Bertz CT molecular complexity index is 1480. The van der Waals surface area contributed by atoms with Gasteiger partial charge in [-0.2, -0.15) is 0 Å². The van der Waals surface area contributed by atoms with Crippen molar-refractivity contribution in [3.05, 3.63) is 65.3 Å². The molecule has 2 amide bonds. The van der Waals surface area contributed by atoms with Crippen LogP contribution in [0.15, 0.2) is 59.0 Å². The van der Waals surface area contributed by atoms with E-state index in [4.69, 9.17) is 24.7 Å². The first-order chi connectivity index (χ1) is 22.4. The van der Waals surface area contributed by atoms with Gasteiger partial charge < -0.3 is 45.2 Å². The van der Waals surface area contributed by atoms with Crippen molar-refractivity contribution in [2.75, 3.05) is 26.6 Å². The van der Waals surface area contributed by atoms with Crippen molar-refractivity contribution >= 4 is 29.6 Å². The molecule has 2 bridgehead atoms. The van der Waals surface area contributed by atoms with Crippen LogP contribution in [0.25, 0.3) is 0 Å². The average molecular weight is 654 g/mol. The lowest BCUT2D eigenvalue weighted by Crippen LogP contribution is -2.38. The van der Waals surface area contributed by atoms with Crippen LogP contribution in [0.1, 0.15) is 45.4 Å². The molecule has 0 unspecified atom stereocenters. The maximum atomic E-state index is 13.2. The minimum absolute atomic E-state index is 0.0352. The zero-order chi connectivity index (χ0) is 34.7. The van der Waals surface area contributed by atoms with Crippen molar-refractivity contribution in [1.82, 2.24) is 9.97 Å². The molecule has 0 aliphatic carbocycles. The number of aromatic amines is 1. The Morgan fingerprint density at radius 2 is 1.91 bits per heavy atom. The molecule has 6 atom stereocenters. The van der Waals surface area contributed by atoms with Crippen molar-refractivity contribution in [1.29, 1.82) is 0 Å². The van der Waals surface area contributed by atoms with Gasteiger partial charge in [-0.3, -0.25) is 9.79 Å². The normalized spacial score (nSPS) is 27.8. The number of aliphatic imine (C=N–C) groups is 1. The van der Waals surface area contributed by atoms with Crippen molar-refractivity contribution in [3.8, 4) is 11.5 Å². The molecule has 13 nitrogen and oxygen atoms in total. The van der Waals surface area contributed by atoms with Crippen molar-refractivity contribution < 1.29 is 38.7 Å². The van der Waals surface area contributed by atoms with Crippen LogP contribution >= 0.6 is 0 Å². The number of nitrogens with one attached hydrogen (secondary N) is 2. The van der Waals surface area contributed by atoms with Crippen LogP contribution in [0.4, 0.5) is 16.2 Å². The summed E-state index contributed by atoms with van der Waals surface area (Å²) in [6.07, 6.45) is 9.47. The van der Waals surface area contributed by atoms with Crippen molar-refractivity contribution in [2.24, 2.45) is 22.6 Å². The van der Waals surface area contributed by atoms with E-state index in [1.807, 2.05) is 26.8 Å². The first kappa shape index (κ1) is 37.0. The summed E-state index contributed by atoms with van der Waals surface area (Å²) >= 11 is 0. The van der Waals surface area contributed by atoms with Gasteiger partial charge in [0.1, 0.15) is 23.3 Å². The van der Waals surface area contributed by atoms with Gasteiger partial charge >= 0.3 is 6.09 Å². The smallest absolute Gasteiger partial charge is 0.405 e. The Morgan fingerprint density at radius 3 is 2.53 bits per heavy atom. The van der Waals surface area contributed by atoms with Crippen LogP contribution in [0, 0.1) is 11.8 Å². The van der Waals surface area contributed by atoms with Crippen molar-refractivity contribution in [3.63, 3.8) is 0 Å². The topological polar surface area (TPSA) is 191 Å². The number of hydrogen-bond donors (Lipinski definition) is 5. The molecule has 13 heteroatoms. The molecule has 0 spiro atoms. The number of carbonyl (C=O) groups excluding carboxylic acids is 2. The number of H-pyrrole nitrogens is 1. The average Bonchev–Trinajstić information content (AvgIpc) is 3.54. The predicted octanol–water partition coefficient (Wildman–Crippen LogP) is 4.88. The number of imidazole rings is 1. The number of hydrogen-bond acceptors (Lipinski definition) is 10. The van der Waals surface area contributed by atoms with E-state index in [9.17, 15) is 19.8 Å². The number of phenolic OH excluding ortho intramolecular Hbond substituents is 2. The molecule has 1 aromatic heterocycles. The third kappa shape index (κ3) is 10.0. The summed E-state index contributed by atoms with van der Waals surface area (Å²) in [5.74, 6) is -1.23. The predicted molar refractivity (Wildman–Crippen MR) is 179 cm³/mol. The Labute approximate surface area is 275 Å². The Morgan fingerprint density at radius 1 is 1.17 bits per heavy atom. The lowest BCUT2D eigenvalue weighted by Gasteiger charge is -2.32. The second-order valence-electron chi connectivity index (χ2n) is 11.7. The molecule has 0 fully saturated rings. The highest BCUT2D eigenvalue weighted by Gasteiger charge is 2.31. The molecular weight excluding hydrogens is 606 g/mol. The standard InChI is InChI=1S/C34H47N5O8/c1-19-13-24-29(37-12-11-23-17-36-18-38-23)26(40)16-25(30(24)41)39-33(42)20(2)9-8-10-27(44-5)32(47-34(35)43)22(4)15-21(3)31(46-7)28(14-19)45-6/h8-10,12,15-19,21,27-28,31-32,40-41H,11,13-14H2,1-7H3,(H2,35,43)(H,36,38)(H,39,42)/b10-8-,20-9+,22-15+,37-12?/t19-,21+,27+,28+,31-,32+/m1/s1. The highest BCUT2D eigenvalue weighted by Crippen LogP contribution is 2.44. The molecule has 256 valence electrons. The number of aromatic hydroxyl groups is 2. The maximum absolute atomic E-state index is 13.2. The lowest BCUT2D eigenvalue weighted by molar-refractivity contribution is -0.112. The second-order valence-corrected chi connectivity index (χ2v) is 11.7. The number of nitrogens with two attached hydrogens (primary N) is 1. The number of fused-ring (bicyclic) bond motifs is 2. The monoisotopic (exact) mass is 653 g/mol. The van der Waals surface area contributed by atoms with Crippen LogP contribution in [0.2, 0.25) is 0 Å². The number of nitrogens with zero attached hydrogens (tertiary/aromatic N) is 2. The number of ether oxygens (including phenoxy) is 4. The van der Waals surface area contributed by atoms with E-state index in [1.54, 1.807) is 58.1 Å². The van der Waals surface area contributed by atoms with Gasteiger partial charge in [-0.25, -0.2) is 9.78 Å². The summed E-state index contributed by atoms with van der Waals surface area (Å²) in [6.45, 7) is 7.37. The van der Waals surface area contributed by atoms with Gasteiger partial charge in [0, 0.05) is 69.0 Å². The SMILES string of the molecule is CO[C@H]1[C@@H](OC)C[C@H](C)Cc2c(O)c(cc(O)c2N=CCc2cnc[nH]2)NC(=O)/C(C)=C/C=C\[C@H](OC)[C@@H](OC(N)=O)/C(C)=C/[C@@H]1C. The minimum atomic E-state index is -0.961. The van der Waals surface area contributed by atoms with Gasteiger partial charge in [-0.05, 0) is 38.2 Å². The zero-order valence-electron chi connectivity index (χ0n) is 28.0. The molecule has 1 aliphatic rings. The number of allylic oxidation sites excluding steroid dienone is 2. The zero-order valence-corrected chi connectivity index (χ0v) is 28.0. The molecule has 1 aliphatic heterocycles. The quantitative estimate of drug-likeness (QED) is 0.120. The summed E-state index contributed by atoms with van der Waals surface area (Å²) in [4.78, 5) is 36.6. The minimum Gasteiger partial charge on any atom is -0.506 e. The lowest BCUT2D eigenvalue weighted by atomic mass is 9.87. The van der Waals surface area contributed by atoms with E-state index in [2.05, 4.69) is 20.3 Å². The maximum Gasteiger partial charge on any atom is 0.405 e. The first-order valence-electron chi connectivity index (χ1n) is 15.4. The first-order valence-corrected chi connectivity index (χ1v) is 15.4. The van der Waals surface area contributed by atoms with E-state index in [0.29, 0.717) is 36.0 Å². The molecule has 0 saturated carbocycles. The molecule has 0 radical (unpaired) electrons. The second kappa shape index (κ2) is 17.5. The van der Waals surface area contributed by atoms with E-state index in [-0.39, 0.29) is 40.8 Å². The van der Waals surface area contributed by atoms with E-state index < -0.39 is 30.3 Å². The van der Waals surface area contributed by atoms with Crippen LogP contribution in [0.5, 0.6) is 11.5 Å². The summed E-state index contributed by atoms with van der Waals surface area (Å²) in [7, 11) is 4.68. The molecule has 3 rings (SSSR count). The Balaban J connectivity index is 2.13. The van der Waals surface area contributed by atoms with E-state index >= 15 is 0 Å². The molecule has 0 saturated heterocycles. The summed E-state index contributed by atoms with van der Waals surface area (Å²) in [5, 5.41) is 25.3. The van der Waals surface area contributed by atoms with Crippen LogP contribution in [-0.2, 0) is 36.6 Å². The molecule has 2 heterocycles. The van der Waals surface area contributed by atoms with Crippen LogP contribution in [0.3, 0.4) is 0 Å². The van der Waals surface area contributed by atoms with E-state index in [1.165, 1.54) is 13.2 Å². The van der Waals surface area contributed by atoms with Gasteiger partial charge in [-0.15, -0.1) is 0 Å². The van der Waals surface area contributed by atoms with Gasteiger partial charge in [0.05, 0.1) is 24.2 Å². The molecule has 6 N–H and O–H groups in total.